The highest BCUT2D eigenvalue weighted by atomic mass is 32.2. The summed E-state index contributed by atoms with van der Waals surface area (Å²) in [4.78, 5) is 11.6. The average molecular weight is 230 g/mol. The maximum absolute atomic E-state index is 11.6. The third-order valence-corrected chi connectivity index (χ3v) is 3.48. The second-order valence-electron chi connectivity index (χ2n) is 4.45. The number of carbonyl (C=O) groups excluding carboxylic acids is 1. The zero-order valence-corrected chi connectivity index (χ0v) is 10.5. The monoisotopic (exact) mass is 230 g/mol. The van der Waals surface area contributed by atoms with Crippen molar-refractivity contribution in [2.24, 2.45) is 5.92 Å². The summed E-state index contributed by atoms with van der Waals surface area (Å²) in [7, 11) is 0. The van der Waals surface area contributed by atoms with Crippen molar-refractivity contribution < 1.29 is 4.79 Å². The first-order valence-electron chi connectivity index (χ1n) is 5.79. The first kappa shape index (κ1) is 12.8. The molecule has 88 valence electrons. The van der Waals surface area contributed by atoms with E-state index >= 15 is 0 Å². The van der Waals surface area contributed by atoms with Gasteiger partial charge in [0.1, 0.15) is 0 Å². The molecule has 15 heavy (non-hydrogen) atoms. The Kier molecular flexibility index (Phi) is 6.10. The quantitative estimate of drug-likeness (QED) is 0.681. The summed E-state index contributed by atoms with van der Waals surface area (Å²) in [5.74, 6) is 2.77. The lowest BCUT2D eigenvalue weighted by molar-refractivity contribution is -0.122. The molecule has 3 nitrogen and oxygen atoms in total. The molecule has 1 aliphatic heterocycles. The minimum atomic E-state index is 0.0418. The van der Waals surface area contributed by atoms with Crippen molar-refractivity contribution in [2.75, 3.05) is 18.2 Å². The molecule has 1 fully saturated rings. The molecule has 1 aliphatic rings. The van der Waals surface area contributed by atoms with Gasteiger partial charge in [-0.15, -0.1) is 11.8 Å². The van der Waals surface area contributed by atoms with Crippen molar-refractivity contribution in [1.29, 1.82) is 0 Å². The van der Waals surface area contributed by atoms with Crippen LogP contribution in [0.15, 0.2) is 0 Å². The summed E-state index contributed by atoms with van der Waals surface area (Å²) in [6.45, 7) is 5.30. The zero-order chi connectivity index (χ0) is 11.1. The van der Waals surface area contributed by atoms with Gasteiger partial charge in [0.25, 0.3) is 0 Å². The van der Waals surface area contributed by atoms with Crippen LogP contribution in [0, 0.1) is 5.92 Å². The Balaban J connectivity index is 1.97. The minimum Gasteiger partial charge on any atom is -0.355 e. The Morgan fingerprint density at radius 3 is 2.93 bits per heavy atom. The van der Waals surface area contributed by atoms with Crippen LogP contribution in [-0.4, -0.2) is 30.1 Å². The molecule has 0 aliphatic carbocycles. The Morgan fingerprint density at radius 1 is 1.53 bits per heavy atom. The normalized spacial score (nSPS) is 20.9. The average Bonchev–Trinajstić information content (AvgIpc) is 2.69. The standard InChI is InChI=1S/C11H22N2OS/c1-9(2)5-3-4-6-12-11(14)10-7-15-8-13-10/h9-10,13H,3-8H2,1-2H3,(H,12,14). The van der Waals surface area contributed by atoms with Crippen molar-refractivity contribution in [3.63, 3.8) is 0 Å². The van der Waals surface area contributed by atoms with Crippen molar-refractivity contribution in [1.82, 2.24) is 10.6 Å². The number of hydrogen-bond donors (Lipinski definition) is 2. The van der Waals surface area contributed by atoms with E-state index < -0.39 is 0 Å². The van der Waals surface area contributed by atoms with E-state index in [2.05, 4.69) is 24.5 Å². The summed E-state index contributed by atoms with van der Waals surface area (Å²) in [5.41, 5.74) is 0. The fraction of sp³-hybridized carbons (Fsp3) is 0.909. The molecule has 4 heteroatoms. The van der Waals surface area contributed by atoms with Gasteiger partial charge in [0.05, 0.1) is 6.04 Å². The number of amides is 1. The van der Waals surface area contributed by atoms with Gasteiger partial charge in [-0.05, 0) is 12.3 Å². The smallest absolute Gasteiger partial charge is 0.238 e. The van der Waals surface area contributed by atoms with E-state index in [1.165, 1.54) is 12.8 Å². The lowest BCUT2D eigenvalue weighted by atomic mass is 10.1. The van der Waals surface area contributed by atoms with Gasteiger partial charge in [0.2, 0.25) is 5.91 Å². The molecule has 0 saturated carbocycles. The van der Waals surface area contributed by atoms with Gasteiger partial charge in [-0.25, -0.2) is 0 Å². The van der Waals surface area contributed by atoms with Crippen molar-refractivity contribution in [3.05, 3.63) is 0 Å². The number of thioether (sulfide) groups is 1. The SMILES string of the molecule is CC(C)CCCCNC(=O)C1CSCN1. The van der Waals surface area contributed by atoms with Gasteiger partial charge < -0.3 is 5.32 Å². The molecule has 0 bridgehead atoms. The van der Waals surface area contributed by atoms with Crippen LogP contribution in [0.2, 0.25) is 0 Å². The molecule has 0 aromatic heterocycles. The Hall–Kier alpha value is -0.220. The van der Waals surface area contributed by atoms with Crippen LogP contribution in [0.3, 0.4) is 0 Å². The number of unbranched alkanes of at least 4 members (excludes halogenated alkanes) is 1. The van der Waals surface area contributed by atoms with E-state index in [4.69, 9.17) is 0 Å². The summed E-state index contributed by atoms with van der Waals surface area (Å²) >= 11 is 1.79. The third kappa shape index (κ3) is 5.42. The predicted molar refractivity (Wildman–Crippen MR) is 65.9 cm³/mol. The van der Waals surface area contributed by atoms with Crippen LogP contribution in [-0.2, 0) is 4.79 Å². The molecule has 1 rings (SSSR count). The van der Waals surface area contributed by atoms with Gasteiger partial charge in [0, 0.05) is 18.2 Å². The lowest BCUT2D eigenvalue weighted by Crippen LogP contribution is -2.42. The lowest BCUT2D eigenvalue weighted by Gasteiger charge is -2.10. The van der Waals surface area contributed by atoms with Crippen LogP contribution in [0.1, 0.15) is 33.1 Å². The number of nitrogens with one attached hydrogen (secondary N) is 2. The predicted octanol–water partition coefficient (Wildman–Crippen LogP) is 1.59. The van der Waals surface area contributed by atoms with Crippen LogP contribution in [0.5, 0.6) is 0 Å². The first-order valence-corrected chi connectivity index (χ1v) is 6.94. The van der Waals surface area contributed by atoms with E-state index in [-0.39, 0.29) is 11.9 Å². The molecular formula is C11H22N2OS. The molecule has 0 aromatic carbocycles. The molecule has 1 amide bonds. The maximum Gasteiger partial charge on any atom is 0.238 e. The van der Waals surface area contributed by atoms with Crippen molar-refractivity contribution in [3.8, 4) is 0 Å². The van der Waals surface area contributed by atoms with Gasteiger partial charge in [-0.2, -0.15) is 0 Å². The molecule has 0 spiro atoms. The van der Waals surface area contributed by atoms with Gasteiger partial charge in [-0.1, -0.05) is 26.7 Å². The molecule has 0 aromatic rings. The summed E-state index contributed by atoms with van der Waals surface area (Å²) in [5, 5.41) is 6.15. The molecule has 2 N–H and O–H groups in total. The third-order valence-electron chi connectivity index (χ3n) is 2.54. The summed E-state index contributed by atoms with van der Waals surface area (Å²) in [6, 6.07) is 0.0418. The van der Waals surface area contributed by atoms with Crippen molar-refractivity contribution in [2.45, 2.75) is 39.2 Å². The van der Waals surface area contributed by atoms with E-state index in [0.717, 1.165) is 30.5 Å². The summed E-state index contributed by atoms with van der Waals surface area (Å²) < 4.78 is 0. The van der Waals surface area contributed by atoms with Crippen LogP contribution >= 0.6 is 11.8 Å². The van der Waals surface area contributed by atoms with Crippen LogP contribution in [0.25, 0.3) is 0 Å². The highest BCUT2D eigenvalue weighted by Gasteiger charge is 2.21. The van der Waals surface area contributed by atoms with E-state index in [0.29, 0.717) is 0 Å². The zero-order valence-electron chi connectivity index (χ0n) is 9.71. The van der Waals surface area contributed by atoms with E-state index in [9.17, 15) is 4.79 Å². The molecule has 1 heterocycles. The largest absolute Gasteiger partial charge is 0.355 e. The van der Waals surface area contributed by atoms with Crippen LogP contribution in [0.4, 0.5) is 0 Å². The molecule has 0 radical (unpaired) electrons. The highest BCUT2D eigenvalue weighted by Crippen LogP contribution is 2.09. The molecule has 1 unspecified atom stereocenters. The van der Waals surface area contributed by atoms with Gasteiger partial charge in [0.15, 0.2) is 0 Å². The fourth-order valence-corrected chi connectivity index (χ4v) is 2.52. The maximum atomic E-state index is 11.6. The fourth-order valence-electron chi connectivity index (χ4n) is 1.58. The van der Waals surface area contributed by atoms with E-state index in [1.54, 1.807) is 11.8 Å². The Morgan fingerprint density at radius 2 is 2.33 bits per heavy atom. The molecule has 1 atom stereocenters. The number of carbonyl (C=O) groups is 1. The summed E-state index contributed by atoms with van der Waals surface area (Å²) in [6.07, 6.45) is 3.57. The Bertz CT molecular complexity index is 191. The van der Waals surface area contributed by atoms with Crippen LogP contribution < -0.4 is 10.6 Å². The first-order chi connectivity index (χ1) is 7.20. The second kappa shape index (κ2) is 7.12. The number of rotatable bonds is 6. The van der Waals surface area contributed by atoms with Gasteiger partial charge in [-0.3, -0.25) is 10.1 Å². The molecular weight excluding hydrogens is 208 g/mol. The topological polar surface area (TPSA) is 41.1 Å². The molecule has 1 saturated heterocycles. The number of hydrogen-bond acceptors (Lipinski definition) is 3. The highest BCUT2D eigenvalue weighted by molar-refractivity contribution is 7.99. The second-order valence-corrected chi connectivity index (χ2v) is 5.48. The van der Waals surface area contributed by atoms with E-state index in [1.807, 2.05) is 0 Å². The van der Waals surface area contributed by atoms with Crippen molar-refractivity contribution >= 4 is 17.7 Å². The minimum absolute atomic E-state index is 0.0418. The Labute approximate surface area is 96.8 Å². The van der Waals surface area contributed by atoms with Gasteiger partial charge >= 0.3 is 0 Å².